The molecule has 0 aliphatic rings. The molecular formula is C22H22N4O2. The van der Waals surface area contributed by atoms with Crippen LogP contribution in [0.2, 0.25) is 0 Å². The second-order valence-corrected chi connectivity index (χ2v) is 6.59. The minimum absolute atomic E-state index is 0.130. The zero-order valence-corrected chi connectivity index (χ0v) is 16.0. The number of carbonyl (C=O) groups is 2. The number of benzene rings is 2. The van der Waals surface area contributed by atoms with Crippen molar-refractivity contribution in [2.24, 2.45) is 0 Å². The summed E-state index contributed by atoms with van der Waals surface area (Å²) >= 11 is 0. The van der Waals surface area contributed by atoms with E-state index in [0.717, 1.165) is 22.5 Å². The summed E-state index contributed by atoms with van der Waals surface area (Å²) in [4.78, 5) is 28.0. The summed E-state index contributed by atoms with van der Waals surface area (Å²) in [6, 6.07) is 16.7. The molecule has 0 unspecified atom stereocenters. The molecule has 28 heavy (non-hydrogen) atoms. The number of anilines is 4. The summed E-state index contributed by atoms with van der Waals surface area (Å²) in [7, 11) is 0. The second kappa shape index (κ2) is 8.35. The molecule has 142 valence electrons. The van der Waals surface area contributed by atoms with Crippen molar-refractivity contribution in [1.82, 2.24) is 4.98 Å². The average Bonchev–Trinajstić information content (AvgIpc) is 2.65. The van der Waals surface area contributed by atoms with Crippen LogP contribution in [0.3, 0.4) is 0 Å². The van der Waals surface area contributed by atoms with E-state index in [9.17, 15) is 9.59 Å². The van der Waals surface area contributed by atoms with Crippen molar-refractivity contribution in [3.05, 3.63) is 77.5 Å². The first kappa shape index (κ1) is 19.1. The summed E-state index contributed by atoms with van der Waals surface area (Å²) in [6.45, 7) is 5.40. The Kier molecular flexibility index (Phi) is 5.69. The monoisotopic (exact) mass is 374 g/mol. The molecule has 0 aliphatic carbocycles. The molecule has 0 radical (unpaired) electrons. The molecular weight excluding hydrogens is 352 g/mol. The SMILES string of the molecule is CC(=O)Nc1cccc(Nc2ccc(C(=O)Nc3cc(C)ccc3C)cn2)c1. The van der Waals surface area contributed by atoms with Gasteiger partial charge in [0.05, 0.1) is 5.56 Å². The summed E-state index contributed by atoms with van der Waals surface area (Å²) < 4.78 is 0. The third-order valence-electron chi connectivity index (χ3n) is 4.12. The number of aryl methyl sites for hydroxylation is 2. The van der Waals surface area contributed by atoms with Gasteiger partial charge in [-0.25, -0.2) is 4.98 Å². The van der Waals surface area contributed by atoms with Gasteiger partial charge in [-0.15, -0.1) is 0 Å². The van der Waals surface area contributed by atoms with E-state index in [1.165, 1.54) is 13.1 Å². The number of carbonyl (C=O) groups excluding carboxylic acids is 2. The molecule has 1 heterocycles. The first-order valence-electron chi connectivity index (χ1n) is 8.90. The van der Waals surface area contributed by atoms with Gasteiger partial charge in [-0.1, -0.05) is 18.2 Å². The molecule has 0 bridgehead atoms. The molecule has 3 N–H and O–H groups in total. The average molecular weight is 374 g/mol. The lowest BCUT2D eigenvalue weighted by atomic mass is 10.1. The van der Waals surface area contributed by atoms with Gasteiger partial charge in [0.2, 0.25) is 5.91 Å². The zero-order valence-electron chi connectivity index (χ0n) is 16.0. The van der Waals surface area contributed by atoms with Gasteiger partial charge < -0.3 is 16.0 Å². The maximum Gasteiger partial charge on any atom is 0.257 e. The Bertz CT molecular complexity index is 1010. The van der Waals surface area contributed by atoms with Gasteiger partial charge in [0, 0.05) is 30.2 Å². The largest absolute Gasteiger partial charge is 0.340 e. The minimum Gasteiger partial charge on any atom is -0.340 e. The highest BCUT2D eigenvalue weighted by molar-refractivity contribution is 6.04. The fourth-order valence-electron chi connectivity index (χ4n) is 2.69. The van der Waals surface area contributed by atoms with Gasteiger partial charge in [0.25, 0.3) is 5.91 Å². The maximum absolute atomic E-state index is 12.5. The van der Waals surface area contributed by atoms with Gasteiger partial charge >= 0.3 is 0 Å². The van der Waals surface area contributed by atoms with Crippen LogP contribution < -0.4 is 16.0 Å². The number of hydrogen-bond donors (Lipinski definition) is 3. The smallest absolute Gasteiger partial charge is 0.257 e. The molecule has 2 aromatic carbocycles. The van der Waals surface area contributed by atoms with Crippen LogP contribution in [0, 0.1) is 13.8 Å². The lowest BCUT2D eigenvalue weighted by Crippen LogP contribution is -2.13. The molecule has 0 spiro atoms. The number of amides is 2. The zero-order chi connectivity index (χ0) is 20.1. The minimum atomic E-state index is -0.208. The van der Waals surface area contributed by atoms with Crippen LogP contribution in [0.25, 0.3) is 0 Å². The lowest BCUT2D eigenvalue weighted by Gasteiger charge is -2.10. The number of rotatable bonds is 5. The van der Waals surface area contributed by atoms with Crippen LogP contribution in [0.15, 0.2) is 60.8 Å². The number of aromatic nitrogens is 1. The van der Waals surface area contributed by atoms with Gasteiger partial charge in [-0.05, 0) is 61.4 Å². The summed E-state index contributed by atoms with van der Waals surface area (Å²) in [5.74, 6) is 0.262. The number of hydrogen-bond acceptors (Lipinski definition) is 4. The second-order valence-electron chi connectivity index (χ2n) is 6.59. The molecule has 0 saturated heterocycles. The van der Waals surface area contributed by atoms with Crippen molar-refractivity contribution in [2.45, 2.75) is 20.8 Å². The summed E-state index contributed by atoms with van der Waals surface area (Å²) in [5.41, 5.74) is 4.83. The standard InChI is InChI=1S/C22H22N4O2/c1-14-7-8-15(2)20(11-14)26-22(28)17-9-10-21(23-13-17)25-19-6-4-5-18(12-19)24-16(3)27/h4-13H,1-3H3,(H,23,25)(H,24,27)(H,26,28). The van der Waals surface area contributed by atoms with Gasteiger partial charge in [-0.3, -0.25) is 9.59 Å². The Morgan fingerprint density at radius 1 is 0.893 bits per heavy atom. The quantitative estimate of drug-likeness (QED) is 0.607. The predicted molar refractivity (Wildman–Crippen MR) is 112 cm³/mol. The highest BCUT2D eigenvalue weighted by Crippen LogP contribution is 2.20. The Labute approximate surface area is 164 Å². The summed E-state index contributed by atoms with van der Waals surface area (Å²) in [5, 5.41) is 8.81. The summed E-state index contributed by atoms with van der Waals surface area (Å²) in [6.07, 6.45) is 1.53. The first-order chi connectivity index (χ1) is 13.4. The maximum atomic E-state index is 12.5. The molecule has 0 saturated carbocycles. The van der Waals surface area contributed by atoms with Gasteiger partial charge in [0.15, 0.2) is 0 Å². The van der Waals surface area contributed by atoms with Crippen molar-refractivity contribution in [1.29, 1.82) is 0 Å². The van der Waals surface area contributed by atoms with E-state index in [1.807, 2.05) is 50.2 Å². The first-order valence-corrected chi connectivity index (χ1v) is 8.90. The van der Waals surface area contributed by atoms with Crippen molar-refractivity contribution >= 4 is 34.7 Å². The van der Waals surface area contributed by atoms with Gasteiger partial charge in [0.1, 0.15) is 5.82 Å². The van der Waals surface area contributed by atoms with E-state index in [0.29, 0.717) is 17.1 Å². The van der Waals surface area contributed by atoms with E-state index in [1.54, 1.807) is 18.2 Å². The molecule has 6 heteroatoms. The fraction of sp³-hybridized carbons (Fsp3) is 0.136. The molecule has 6 nitrogen and oxygen atoms in total. The van der Waals surface area contributed by atoms with Gasteiger partial charge in [-0.2, -0.15) is 0 Å². The topological polar surface area (TPSA) is 83.1 Å². The van der Waals surface area contributed by atoms with Crippen molar-refractivity contribution in [2.75, 3.05) is 16.0 Å². The highest BCUT2D eigenvalue weighted by Gasteiger charge is 2.09. The normalized spacial score (nSPS) is 10.2. The van der Waals surface area contributed by atoms with Crippen LogP contribution >= 0.6 is 0 Å². The molecule has 0 atom stereocenters. The third-order valence-corrected chi connectivity index (χ3v) is 4.12. The van der Waals surface area contributed by atoms with E-state index in [2.05, 4.69) is 20.9 Å². The number of nitrogens with zero attached hydrogens (tertiary/aromatic N) is 1. The van der Waals surface area contributed by atoms with Crippen LogP contribution in [0.4, 0.5) is 22.9 Å². The van der Waals surface area contributed by atoms with E-state index < -0.39 is 0 Å². The van der Waals surface area contributed by atoms with Crippen LogP contribution in [0.1, 0.15) is 28.4 Å². The Morgan fingerprint density at radius 3 is 2.39 bits per heavy atom. The van der Waals surface area contributed by atoms with Crippen molar-refractivity contribution < 1.29 is 9.59 Å². The van der Waals surface area contributed by atoms with E-state index in [-0.39, 0.29) is 11.8 Å². The van der Waals surface area contributed by atoms with Crippen molar-refractivity contribution in [3.63, 3.8) is 0 Å². The van der Waals surface area contributed by atoms with Crippen LogP contribution in [0.5, 0.6) is 0 Å². The Hall–Kier alpha value is -3.67. The Morgan fingerprint density at radius 2 is 1.68 bits per heavy atom. The van der Waals surface area contributed by atoms with Crippen molar-refractivity contribution in [3.8, 4) is 0 Å². The molecule has 3 aromatic rings. The highest BCUT2D eigenvalue weighted by atomic mass is 16.2. The van der Waals surface area contributed by atoms with E-state index >= 15 is 0 Å². The molecule has 0 fully saturated rings. The molecule has 2 amide bonds. The number of pyridine rings is 1. The number of nitrogens with one attached hydrogen (secondary N) is 3. The lowest BCUT2D eigenvalue weighted by molar-refractivity contribution is -0.114. The molecule has 1 aromatic heterocycles. The molecule has 3 rings (SSSR count). The third kappa shape index (κ3) is 4.94. The van der Waals surface area contributed by atoms with Crippen LogP contribution in [-0.2, 0) is 4.79 Å². The van der Waals surface area contributed by atoms with Crippen LogP contribution in [-0.4, -0.2) is 16.8 Å². The molecule has 0 aliphatic heterocycles. The van der Waals surface area contributed by atoms with E-state index in [4.69, 9.17) is 0 Å². The fourth-order valence-corrected chi connectivity index (χ4v) is 2.69. The predicted octanol–water partition coefficient (Wildman–Crippen LogP) is 4.65. The Balaban J connectivity index is 1.68.